The third-order valence-electron chi connectivity index (χ3n) is 5.38. The number of carbonyl (C=O) groups is 1. The molecule has 2 N–H and O–H groups in total. The minimum Gasteiger partial charge on any atom is -0.352 e. The van der Waals surface area contributed by atoms with Crippen molar-refractivity contribution >= 4 is 40.8 Å². The first kappa shape index (κ1) is 22.0. The lowest BCUT2D eigenvalue weighted by Crippen LogP contribution is -2.50. The van der Waals surface area contributed by atoms with E-state index in [0.717, 1.165) is 5.56 Å². The fourth-order valence-corrected chi connectivity index (χ4v) is 3.91. The number of carbonyl (C=O) groups excluding carboxylic acids is 1. The van der Waals surface area contributed by atoms with Gasteiger partial charge in [-0.05, 0) is 29.8 Å². The summed E-state index contributed by atoms with van der Waals surface area (Å²) in [7, 11) is 0. The van der Waals surface area contributed by atoms with Gasteiger partial charge < -0.3 is 9.80 Å². The summed E-state index contributed by atoms with van der Waals surface area (Å²) >= 11 is 12.0. The molecule has 1 fully saturated rings. The zero-order valence-corrected chi connectivity index (χ0v) is 18.8. The SMILES string of the molecule is N=C(c1ccccc1)n1nc(N2CCN(C(=O)Cc3ccc(Cl)c(Cl)c3)CC2)ccc1=N. The van der Waals surface area contributed by atoms with Crippen molar-refractivity contribution in [2.45, 2.75) is 6.42 Å². The van der Waals surface area contributed by atoms with Crippen molar-refractivity contribution < 1.29 is 4.79 Å². The third-order valence-corrected chi connectivity index (χ3v) is 6.11. The van der Waals surface area contributed by atoms with Gasteiger partial charge >= 0.3 is 0 Å². The zero-order valence-electron chi connectivity index (χ0n) is 17.3. The molecular weight excluding hydrogens is 447 g/mol. The van der Waals surface area contributed by atoms with E-state index in [1.54, 1.807) is 24.3 Å². The van der Waals surface area contributed by atoms with Crippen molar-refractivity contribution in [1.29, 1.82) is 10.8 Å². The van der Waals surface area contributed by atoms with Gasteiger partial charge in [-0.2, -0.15) is 4.68 Å². The maximum atomic E-state index is 12.7. The Morgan fingerprint density at radius 1 is 0.938 bits per heavy atom. The summed E-state index contributed by atoms with van der Waals surface area (Å²) in [5, 5.41) is 22.0. The fourth-order valence-electron chi connectivity index (χ4n) is 3.59. The topological polar surface area (TPSA) is 89.1 Å². The first-order valence-corrected chi connectivity index (χ1v) is 10.9. The monoisotopic (exact) mass is 468 g/mol. The molecule has 0 saturated carbocycles. The van der Waals surface area contributed by atoms with Gasteiger partial charge in [0.1, 0.15) is 11.3 Å². The predicted octanol–water partition coefficient (Wildman–Crippen LogP) is 3.43. The van der Waals surface area contributed by atoms with Crippen molar-refractivity contribution in [3.05, 3.63) is 87.3 Å². The van der Waals surface area contributed by atoms with Gasteiger partial charge in [0.15, 0.2) is 5.84 Å². The van der Waals surface area contributed by atoms with Crippen LogP contribution in [0.5, 0.6) is 0 Å². The highest BCUT2D eigenvalue weighted by molar-refractivity contribution is 6.42. The maximum absolute atomic E-state index is 12.7. The van der Waals surface area contributed by atoms with Gasteiger partial charge in [-0.1, -0.05) is 59.6 Å². The van der Waals surface area contributed by atoms with Gasteiger partial charge in [0.25, 0.3) is 0 Å². The minimum absolute atomic E-state index is 0.0402. The Bertz CT molecular complexity index is 1200. The Morgan fingerprint density at radius 2 is 1.66 bits per heavy atom. The number of benzene rings is 2. The molecule has 9 heteroatoms. The summed E-state index contributed by atoms with van der Waals surface area (Å²) in [6, 6.07) is 17.9. The minimum atomic E-state index is 0.0402. The molecule has 1 amide bonds. The molecule has 0 atom stereocenters. The highest BCUT2D eigenvalue weighted by atomic mass is 35.5. The molecule has 0 aliphatic carbocycles. The summed E-state index contributed by atoms with van der Waals surface area (Å²) in [5.41, 5.74) is 1.66. The number of nitrogens with one attached hydrogen (secondary N) is 2. The number of hydrogen-bond acceptors (Lipinski definition) is 5. The number of piperazine rings is 1. The van der Waals surface area contributed by atoms with Crippen LogP contribution in [0.4, 0.5) is 5.82 Å². The average molecular weight is 469 g/mol. The van der Waals surface area contributed by atoms with E-state index in [4.69, 9.17) is 34.0 Å². The van der Waals surface area contributed by atoms with E-state index >= 15 is 0 Å². The van der Waals surface area contributed by atoms with E-state index in [1.165, 1.54) is 4.68 Å². The molecule has 2 heterocycles. The van der Waals surface area contributed by atoms with Gasteiger partial charge in [0.05, 0.1) is 16.5 Å². The van der Waals surface area contributed by atoms with Crippen LogP contribution in [0.2, 0.25) is 10.0 Å². The first-order chi connectivity index (χ1) is 15.4. The van der Waals surface area contributed by atoms with Crippen LogP contribution in [-0.2, 0) is 11.2 Å². The molecule has 1 aliphatic heterocycles. The highest BCUT2D eigenvalue weighted by Crippen LogP contribution is 2.23. The third kappa shape index (κ3) is 4.84. The molecule has 32 heavy (non-hydrogen) atoms. The highest BCUT2D eigenvalue weighted by Gasteiger charge is 2.23. The van der Waals surface area contributed by atoms with Crippen molar-refractivity contribution in [2.24, 2.45) is 0 Å². The maximum Gasteiger partial charge on any atom is 0.227 e. The van der Waals surface area contributed by atoms with Gasteiger partial charge in [0.2, 0.25) is 5.91 Å². The summed E-state index contributed by atoms with van der Waals surface area (Å²) in [6.45, 7) is 2.38. The molecule has 0 bridgehead atoms. The Labute approximate surface area is 195 Å². The van der Waals surface area contributed by atoms with Gasteiger partial charge in [-0.25, -0.2) is 0 Å². The normalized spacial score (nSPS) is 13.8. The molecule has 164 valence electrons. The molecule has 0 radical (unpaired) electrons. The van der Waals surface area contributed by atoms with Gasteiger partial charge in [0, 0.05) is 31.7 Å². The van der Waals surface area contributed by atoms with E-state index in [-0.39, 0.29) is 23.7 Å². The van der Waals surface area contributed by atoms with Crippen LogP contribution in [0.3, 0.4) is 0 Å². The largest absolute Gasteiger partial charge is 0.352 e. The number of anilines is 1. The second-order valence-electron chi connectivity index (χ2n) is 7.50. The number of rotatable bonds is 4. The van der Waals surface area contributed by atoms with Crippen LogP contribution in [0.1, 0.15) is 11.1 Å². The van der Waals surface area contributed by atoms with E-state index in [0.29, 0.717) is 47.6 Å². The second kappa shape index (κ2) is 9.54. The standard InChI is InChI=1S/C23H22Cl2N6O/c24-18-7-6-16(14-19(18)25)15-22(32)30-12-10-29(11-13-30)21-9-8-20(26)31(28-21)23(27)17-4-2-1-3-5-17/h1-9,14,26-27H,10-13,15H2. The average Bonchev–Trinajstić information content (AvgIpc) is 2.82. The van der Waals surface area contributed by atoms with Crippen molar-refractivity contribution in [3.63, 3.8) is 0 Å². The van der Waals surface area contributed by atoms with Crippen molar-refractivity contribution in [3.8, 4) is 0 Å². The molecule has 4 rings (SSSR count). The summed E-state index contributed by atoms with van der Waals surface area (Å²) < 4.78 is 1.33. The predicted molar refractivity (Wildman–Crippen MR) is 126 cm³/mol. The Hall–Kier alpha value is -3.16. The molecule has 3 aromatic rings. The van der Waals surface area contributed by atoms with E-state index in [2.05, 4.69) is 10.00 Å². The lowest BCUT2D eigenvalue weighted by Gasteiger charge is -2.35. The molecule has 2 aromatic carbocycles. The smallest absolute Gasteiger partial charge is 0.227 e. The van der Waals surface area contributed by atoms with Crippen LogP contribution >= 0.6 is 23.2 Å². The number of amides is 1. The zero-order chi connectivity index (χ0) is 22.7. The molecule has 1 aliphatic rings. The Morgan fingerprint density at radius 3 is 2.34 bits per heavy atom. The van der Waals surface area contributed by atoms with Gasteiger partial charge in [-0.3, -0.25) is 15.6 Å². The van der Waals surface area contributed by atoms with E-state index < -0.39 is 0 Å². The fraction of sp³-hybridized carbons (Fsp3) is 0.217. The van der Waals surface area contributed by atoms with Crippen LogP contribution in [0, 0.1) is 10.8 Å². The number of aromatic nitrogens is 2. The molecule has 1 aromatic heterocycles. The Balaban J connectivity index is 1.42. The van der Waals surface area contributed by atoms with Crippen LogP contribution < -0.4 is 10.4 Å². The van der Waals surface area contributed by atoms with Crippen molar-refractivity contribution in [1.82, 2.24) is 14.7 Å². The van der Waals surface area contributed by atoms with Crippen molar-refractivity contribution in [2.75, 3.05) is 31.1 Å². The summed E-state index contributed by atoms with van der Waals surface area (Å²) in [6.07, 6.45) is 0.275. The van der Waals surface area contributed by atoms with E-state index in [9.17, 15) is 4.79 Å². The number of nitrogens with zero attached hydrogens (tertiary/aromatic N) is 4. The second-order valence-corrected chi connectivity index (χ2v) is 8.31. The molecule has 0 spiro atoms. The molecule has 1 saturated heterocycles. The summed E-state index contributed by atoms with van der Waals surface area (Å²) in [5.74, 6) is 0.865. The number of hydrogen-bond donors (Lipinski definition) is 2. The van der Waals surface area contributed by atoms with E-state index in [1.807, 2.05) is 41.3 Å². The van der Waals surface area contributed by atoms with Crippen LogP contribution in [0.25, 0.3) is 0 Å². The summed E-state index contributed by atoms with van der Waals surface area (Å²) in [4.78, 5) is 16.6. The lowest BCUT2D eigenvalue weighted by atomic mass is 10.1. The first-order valence-electron chi connectivity index (χ1n) is 10.2. The van der Waals surface area contributed by atoms with Crippen LogP contribution in [0.15, 0.2) is 60.7 Å². The van der Waals surface area contributed by atoms with Gasteiger partial charge in [-0.15, -0.1) is 5.10 Å². The lowest BCUT2D eigenvalue weighted by molar-refractivity contribution is -0.130. The molecule has 0 unspecified atom stereocenters. The van der Waals surface area contributed by atoms with Crippen LogP contribution in [-0.4, -0.2) is 52.6 Å². The molecule has 7 nitrogen and oxygen atoms in total. The quantitative estimate of drug-likeness (QED) is 0.453. The number of halogens is 2. The Kier molecular flexibility index (Phi) is 6.58. The molecular formula is C23H22Cl2N6O.